The summed E-state index contributed by atoms with van der Waals surface area (Å²) in [7, 11) is 0. The lowest BCUT2D eigenvalue weighted by molar-refractivity contribution is -0.137. The number of rotatable bonds is 7. The first-order valence-electron chi connectivity index (χ1n) is 11.3. The lowest BCUT2D eigenvalue weighted by Gasteiger charge is -2.35. The molecule has 2 aliphatic rings. The van der Waals surface area contributed by atoms with Crippen LogP contribution < -0.4 is 10.1 Å². The summed E-state index contributed by atoms with van der Waals surface area (Å²) in [6, 6.07) is 8.79. The molecule has 5 nitrogen and oxygen atoms in total. The number of hydrogen-bond acceptors (Lipinski definition) is 5. The lowest BCUT2D eigenvalue weighted by atomic mass is 9.87. The van der Waals surface area contributed by atoms with Crippen LogP contribution in [0.2, 0.25) is 0 Å². The number of piperidine rings is 1. The molecule has 1 saturated heterocycles. The van der Waals surface area contributed by atoms with Gasteiger partial charge in [-0.2, -0.15) is 0 Å². The Kier molecular flexibility index (Phi) is 7.39. The summed E-state index contributed by atoms with van der Waals surface area (Å²) in [4.78, 5) is 19.2. The first kappa shape index (κ1) is 21.3. The van der Waals surface area contributed by atoms with Crippen LogP contribution in [0, 0.1) is 12.8 Å². The molecule has 2 aromatic rings. The highest BCUT2D eigenvalue weighted by Crippen LogP contribution is 2.26. The minimum atomic E-state index is 0.295. The van der Waals surface area contributed by atoms with Crippen LogP contribution in [0.15, 0.2) is 29.6 Å². The maximum absolute atomic E-state index is 12.7. The molecule has 4 rings (SSSR count). The first-order valence-corrected chi connectivity index (χ1v) is 12.2. The largest absolute Gasteiger partial charge is 0.487 e. The number of benzene rings is 1. The highest BCUT2D eigenvalue weighted by Gasteiger charge is 2.28. The molecule has 1 aromatic heterocycles. The molecule has 0 spiro atoms. The molecule has 0 atom stereocenters. The Labute approximate surface area is 183 Å². The molecular weight excluding hydrogens is 394 g/mol. The number of carbonyl (C=O) groups is 1. The van der Waals surface area contributed by atoms with Crippen molar-refractivity contribution in [2.75, 3.05) is 13.1 Å². The normalized spacial score (nSPS) is 18.5. The molecule has 162 valence electrons. The predicted molar refractivity (Wildman–Crippen MR) is 121 cm³/mol. The van der Waals surface area contributed by atoms with Gasteiger partial charge in [0.05, 0.1) is 10.7 Å². The summed E-state index contributed by atoms with van der Waals surface area (Å²) in [5.74, 6) is 1.58. The second-order valence-electron chi connectivity index (χ2n) is 8.61. The Bertz CT molecular complexity index is 806. The Morgan fingerprint density at radius 2 is 1.87 bits per heavy atom. The van der Waals surface area contributed by atoms with Crippen molar-refractivity contribution in [1.82, 2.24) is 15.2 Å². The van der Waals surface area contributed by atoms with Gasteiger partial charge < -0.3 is 15.0 Å². The number of carbonyl (C=O) groups excluding carboxylic acids is 1. The van der Waals surface area contributed by atoms with Crippen molar-refractivity contribution in [3.05, 3.63) is 45.9 Å². The molecule has 2 heterocycles. The zero-order chi connectivity index (χ0) is 20.8. The number of amides is 1. The molecule has 0 unspecified atom stereocenters. The first-order chi connectivity index (χ1) is 14.7. The third-order valence-electron chi connectivity index (χ3n) is 6.33. The van der Waals surface area contributed by atoms with E-state index in [0.717, 1.165) is 61.8 Å². The zero-order valence-corrected chi connectivity index (χ0v) is 18.8. The van der Waals surface area contributed by atoms with E-state index in [1.165, 1.54) is 24.8 Å². The minimum absolute atomic E-state index is 0.295. The van der Waals surface area contributed by atoms with E-state index in [4.69, 9.17) is 4.74 Å². The van der Waals surface area contributed by atoms with Gasteiger partial charge in [-0.05, 0) is 50.3 Å². The third-order valence-corrected chi connectivity index (χ3v) is 7.15. The number of ether oxygens (including phenoxy) is 1. The van der Waals surface area contributed by atoms with Gasteiger partial charge in [-0.3, -0.25) is 4.79 Å². The van der Waals surface area contributed by atoms with Crippen LogP contribution in [-0.4, -0.2) is 34.9 Å². The van der Waals surface area contributed by atoms with Gasteiger partial charge in [-0.15, -0.1) is 11.3 Å². The van der Waals surface area contributed by atoms with Crippen molar-refractivity contribution in [2.24, 2.45) is 5.92 Å². The van der Waals surface area contributed by atoms with Crippen LogP contribution in [0.3, 0.4) is 0 Å². The Balaban J connectivity index is 1.17. The average molecular weight is 428 g/mol. The molecule has 1 saturated carbocycles. The maximum atomic E-state index is 12.7. The SMILES string of the molecule is Cc1nc(COc2ccc(CNC3CCN(C(=O)C4CCCCC4)CC3)cc2)cs1. The van der Waals surface area contributed by atoms with Gasteiger partial charge in [-0.25, -0.2) is 4.98 Å². The van der Waals surface area contributed by atoms with Crippen molar-refractivity contribution >= 4 is 17.2 Å². The van der Waals surface area contributed by atoms with Gasteiger partial charge in [0.15, 0.2) is 0 Å². The van der Waals surface area contributed by atoms with Gasteiger partial charge in [0.2, 0.25) is 5.91 Å². The van der Waals surface area contributed by atoms with E-state index in [0.29, 0.717) is 24.5 Å². The smallest absolute Gasteiger partial charge is 0.225 e. The van der Waals surface area contributed by atoms with Crippen LogP contribution in [0.1, 0.15) is 61.2 Å². The molecule has 0 radical (unpaired) electrons. The molecule has 0 bridgehead atoms. The quantitative estimate of drug-likeness (QED) is 0.696. The number of aromatic nitrogens is 1. The predicted octanol–water partition coefficient (Wildman–Crippen LogP) is 4.69. The van der Waals surface area contributed by atoms with Crippen LogP contribution in [0.25, 0.3) is 0 Å². The molecular formula is C24H33N3O2S. The van der Waals surface area contributed by atoms with Crippen LogP contribution in [-0.2, 0) is 17.9 Å². The standard InChI is InChI=1S/C24H33N3O2S/c1-18-26-22(17-30-18)16-29-23-9-7-19(8-10-23)15-25-21-11-13-27(14-12-21)24(28)20-5-3-2-4-6-20/h7-10,17,20-21,25H,2-6,11-16H2,1H3. The highest BCUT2D eigenvalue weighted by atomic mass is 32.1. The molecule has 2 fully saturated rings. The average Bonchev–Trinajstić information content (AvgIpc) is 3.22. The third kappa shape index (κ3) is 5.82. The zero-order valence-electron chi connectivity index (χ0n) is 17.9. The molecule has 1 aliphatic heterocycles. The number of aryl methyl sites for hydroxylation is 1. The summed E-state index contributed by atoms with van der Waals surface area (Å²) >= 11 is 1.65. The van der Waals surface area contributed by atoms with E-state index >= 15 is 0 Å². The summed E-state index contributed by atoms with van der Waals surface area (Å²) < 4.78 is 5.83. The van der Waals surface area contributed by atoms with Crippen LogP contribution >= 0.6 is 11.3 Å². The fourth-order valence-electron chi connectivity index (χ4n) is 4.51. The molecule has 1 aliphatic carbocycles. The van der Waals surface area contributed by atoms with E-state index in [9.17, 15) is 4.79 Å². The fraction of sp³-hybridized carbons (Fsp3) is 0.583. The minimum Gasteiger partial charge on any atom is -0.487 e. The van der Waals surface area contributed by atoms with Crippen molar-refractivity contribution in [2.45, 2.75) is 71.1 Å². The van der Waals surface area contributed by atoms with Gasteiger partial charge in [0.1, 0.15) is 12.4 Å². The number of likely N-dealkylation sites (tertiary alicyclic amines) is 1. The monoisotopic (exact) mass is 427 g/mol. The fourth-order valence-corrected chi connectivity index (χ4v) is 5.11. The van der Waals surface area contributed by atoms with Gasteiger partial charge in [-0.1, -0.05) is 31.4 Å². The Hall–Kier alpha value is -1.92. The summed E-state index contributed by atoms with van der Waals surface area (Å²) in [5.41, 5.74) is 2.24. The lowest BCUT2D eigenvalue weighted by Crippen LogP contribution is -2.46. The number of hydrogen-bond donors (Lipinski definition) is 1. The molecule has 1 N–H and O–H groups in total. The molecule has 1 aromatic carbocycles. The number of nitrogens with one attached hydrogen (secondary N) is 1. The summed E-state index contributed by atoms with van der Waals surface area (Å²) in [5, 5.41) is 6.78. The topological polar surface area (TPSA) is 54.5 Å². The second-order valence-corrected chi connectivity index (χ2v) is 9.67. The van der Waals surface area contributed by atoms with Gasteiger partial charge in [0.25, 0.3) is 0 Å². The van der Waals surface area contributed by atoms with Crippen LogP contribution in [0.5, 0.6) is 5.75 Å². The van der Waals surface area contributed by atoms with E-state index in [1.54, 1.807) is 11.3 Å². The summed E-state index contributed by atoms with van der Waals surface area (Å²) in [6.45, 7) is 5.17. The van der Waals surface area contributed by atoms with Gasteiger partial charge >= 0.3 is 0 Å². The number of thiazole rings is 1. The highest BCUT2D eigenvalue weighted by molar-refractivity contribution is 7.09. The molecule has 1 amide bonds. The van der Waals surface area contributed by atoms with Crippen molar-refractivity contribution in [3.63, 3.8) is 0 Å². The van der Waals surface area contributed by atoms with E-state index in [2.05, 4.69) is 27.3 Å². The second kappa shape index (κ2) is 10.4. The number of nitrogens with zero attached hydrogens (tertiary/aromatic N) is 2. The Morgan fingerprint density at radius 3 is 2.53 bits per heavy atom. The Morgan fingerprint density at radius 1 is 1.13 bits per heavy atom. The van der Waals surface area contributed by atoms with E-state index in [1.807, 2.05) is 24.4 Å². The van der Waals surface area contributed by atoms with E-state index in [-0.39, 0.29) is 0 Å². The van der Waals surface area contributed by atoms with Crippen molar-refractivity contribution in [1.29, 1.82) is 0 Å². The molecule has 30 heavy (non-hydrogen) atoms. The maximum Gasteiger partial charge on any atom is 0.225 e. The van der Waals surface area contributed by atoms with Gasteiger partial charge in [0, 0.05) is 37.0 Å². The summed E-state index contributed by atoms with van der Waals surface area (Å²) in [6.07, 6.45) is 8.04. The van der Waals surface area contributed by atoms with Crippen molar-refractivity contribution in [3.8, 4) is 5.75 Å². The van der Waals surface area contributed by atoms with Crippen LogP contribution in [0.4, 0.5) is 0 Å². The molecule has 6 heteroatoms. The van der Waals surface area contributed by atoms with Crippen molar-refractivity contribution < 1.29 is 9.53 Å². The van der Waals surface area contributed by atoms with E-state index < -0.39 is 0 Å².